The van der Waals surface area contributed by atoms with E-state index in [0.29, 0.717) is 12.6 Å². The van der Waals surface area contributed by atoms with Gasteiger partial charge < -0.3 is 14.8 Å². The molecule has 0 heterocycles. The van der Waals surface area contributed by atoms with Gasteiger partial charge >= 0.3 is 0 Å². The maximum atomic E-state index is 6.06. The predicted molar refractivity (Wildman–Crippen MR) is 77.9 cm³/mol. The molecular formula is C15H22ClNO2. The minimum Gasteiger partial charge on any atom is -0.490 e. The molecule has 4 heteroatoms. The molecule has 1 aromatic rings. The Labute approximate surface area is 120 Å². The fraction of sp³-hybridized carbons (Fsp3) is 0.600. The maximum Gasteiger partial charge on any atom is 0.124 e. The van der Waals surface area contributed by atoms with Crippen LogP contribution in [0.1, 0.15) is 31.7 Å². The van der Waals surface area contributed by atoms with E-state index >= 15 is 0 Å². The van der Waals surface area contributed by atoms with Crippen molar-refractivity contribution in [2.45, 2.75) is 44.9 Å². The van der Waals surface area contributed by atoms with Gasteiger partial charge in [0.15, 0.2) is 0 Å². The molecule has 0 aliphatic heterocycles. The van der Waals surface area contributed by atoms with Crippen molar-refractivity contribution in [2.24, 2.45) is 0 Å². The van der Waals surface area contributed by atoms with E-state index in [0.717, 1.165) is 29.3 Å². The van der Waals surface area contributed by atoms with Crippen LogP contribution in [0.4, 0.5) is 0 Å². The van der Waals surface area contributed by atoms with Crippen molar-refractivity contribution >= 4 is 11.6 Å². The van der Waals surface area contributed by atoms with Crippen LogP contribution in [0.15, 0.2) is 18.2 Å². The first-order valence-electron chi connectivity index (χ1n) is 6.86. The van der Waals surface area contributed by atoms with E-state index in [2.05, 4.69) is 12.2 Å². The molecule has 106 valence electrons. The maximum absolute atomic E-state index is 6.06. The lowest BCUT2D eigenvalue weighted by Crippen LogP contribution is -2.19. The zero-order chi connectivity index (χ0) is 13.7. The van der Waals surface area contributed by atoms with Gasteiger partial charge in [0.2, 0.25) is 0 Å². The molecule has 1 atom stereocenters. The molecule has 0 saturated heterocycles. The minimum atomic E-state index is 0.140. The molecule has 1 unspecified atom stereocenters. The van der Waals surface area contributed by atoms with E-state index in [1.807, 2.05) is 18.2 Å². The van der Waals surface area contributed by atoms with E-state index in [-0.39, 0.29) is 6.10 Å². The molecule has 3 nitrogen and oxygen atoms in total. The molecule has 2 rings (SSSR count). The molecule has 1 aliphatic rings. The first-order chi connectivity index (χ1) is 9.19. The number of rotatable bonds is 8. The summed E-state index contributed by atoms with van der Waals surface area (Å²) in [5, 5.41) is 4.25. The highest BCUT2D eigenvalue weighted by Gasteiger charge is 2.21. The number of hydrogen-bond acceptors (Lipinski definition) is 3. The zero-order valence-electron chi connectivity index (χ0n) is 11.6. The summed E-state index contributed by atoms with van der Waals surface area (Å²) in [5.41, 5.74) is 1.13. The second-order valence-corrected chi connectivity index (χ2v) is 5.55. The Hall–Kier alpha value is -0.770. The lowest BCUT2D eigenvalue weighted by Gasteiger charge is -2.18. The molecule has 1 aliphatic carbocycles. The first-order valence-corrected chi connectivity index (χ1v) is 7.24. The van der Waals surface area contributed by atoms with Gasteiger partial charge in [-0.15, -0.1) is 0 Å². The smallest absolute Gasteiger partial charge is 0.124 e. The molecule has 0 spiro atoms. The van der Waals surface area contributed by atoms with Gasteiger partial charge in [0.1, 0.15) is 5.75 Å². The number of ether oxygens (including phenoxy) is 2. The monoisotopic (exact) mass is 283 g/mol. The lowest BCUT2D eigenvalue weighted by molar-refractivity contribution is 0.134. The third-order valence-electron chi connectivity index (χ3n) is 3.24. The normalized spacial score (nSPS) is 16.4. The average molecular weight is 284 g/mol. The van der Waals surface area contributed by atoms with Gasteiger partial charge in [-0.1, -0.05) is 11.6 Å². The second kappa shape index (κ2) is 7.13. The van der Waals surface area contributed by atoms with Crippen LogP contribution in [0, 0.1) is 0 Å². The average Bonchev–Trinajstić information content (AvgIpc) is 3.20. The van der Waals surface area contributed by atoms with E-state index in [1.54, 1.807) is 7.11 Å². The third kappa shape index (κ3) is 5.01. The molecule has 0 radical (unpaired) electrons. The summed E-state index contributed by atoms with van der Waals surface area (Å²) in [6, 6.07) is 6.49. The van der Waals surface area contributed by atoms with Crippen molar-refractivity contribution in [1.29, 1.82) is 0 Å². The fourth-order valence-corrected chi connectivity index (χ4v) is 2.10. The van der Waals surface area contributed by atoms with Gasteiger partial charge in [-0.05, 0) is 38.0 Å². The summed E-state index contributed by atoms with van der Waals surface area (Å²) >= 11 is 6.06. The molecule has 1 fully saturated rings. The molecular weight excluding hydrogens is 262 g/mol. The van der Waals surface area contributed by atoms with Crippen LogP contribution in [0.5, 0.6) is 5.75 Å². The van der Waals surface area contributed by atoms with Crippen LogP contribution >= 0.6 is 11.6 Å². The number of benzene rings is 1. The summed E-state index contributed by atoms with van der Waals surface area (Å²) in [6.07, 6.45) is 3.58. The molecule has 1 N–H and O–H groups in total. The van der Waals surface area contributed by atoms with Crippen LogP contribution < -0.4 is 10.1 Å². The summed E-state index contributed by atoms with van der Waals surface area (Å²) in [7, 11) is 1.71. The van der Waals surface area contributed by atoms with Gasteiger partial charge in [-0.2, -0.15) is 0 Å². The molecule has 19 heavy (non-hydrogen) atoms. The van der Waals surface area contributed by atoms with Crippen molar-refractivity contribution in [3.8, 4) is 5.75 Å². The van der Waals surface area contributed by atoms with Gasteiger partial charge in [-0.3, -0.25) is 0 Å². The first kappa shape index (κ1) is 14.6. The lowest BCUT2D eigenvalue weighted by atomic mass is 10.2. The van der Waals surface area contributed by atoms with Crippen molar-refractivity contribution in [3.05, 3.63) is 28.8 Å². The molecule has 1 saturated carbocycles. The topological polar surface area (TPSA) is 30.5 Å². The highest BCUT2D eigenvalue weighted by Crippen LogP contribution is 2.26. The highest BCUT2D eigenvalue weighted by molar-refractivity contribution is 6.30. The van der Waals surface area contributed by atoms with Crippen LogP contribution in [0.3, 0.4) is 0 Å². The summed E-state index contributed by atoms with van der Waals surface area (Å²) in [6.45, 7) is 3.59. The number of halogens is 1. The van der Waals surface area contributed by atoms with Crippen LogP contribution in [0.2, 0.25) is 5.02 Å². The van der Waals surface area contributed by atoms with Gasteiger partial charge in [-0.25, -0.2) is 0 Å². The number of nitrogens with one attached hydrogen (secondary N) is 1. The zero-order valence-corrected chi connectivity index (χ0v) is 12.4. The fourth-order valence-electron chi connectivity index (χ4n) is 1.90. The Bertz CT molecular complexity index is 407. The van der Waals surface area contributed by atoms with Crippen molar-refractivity contribution in [1.82, 2.24) is 5.32 Å². The third-order valence-corrected chi connectivity index (χ3v) is 3.47. The quantitative estimate of drug-likeness (QED) is 0.793. The molecule has 0 bridgehead atoms. The summed E-state index contributed by atoms with van der Waals surface area (Å²) in [5.74, 6) is 0.918. The van der Waals surface area contributed by atoms with E-state index in [9.17, 15) is 0 Å². The molecule has 1 aromatic carbocycles. The van der Waals surface area contributed by atoms with Crippen LogP contribution in [0.25, 0.3) is 0 Å². The Kier molecular flexibility index (Phi) is 5.49. The summed E-state index contributed by atoms with van der Waals surface area (Å²) in [4.78, 5) is 0. The SMILES string of the molecule is COCCC(C)Oc1ccc(Cl)cc1CNC1CC1. The molecule has 0 amide bonds. The highest BCUT2D eigenvalue weighted by atomic mass is 35.5. The standard InChI is InChI=1S/C15H22ClNO2/c1-11(7-8-18-2)19-15-6-3-13(16)9-12(15)10-17-14-4-5-14/h3,6,9,11,14,17H,4-5,7-8,10H2,1-2H3. The Morgan fingerprint density at radius 3 is 2.89 bits per heavy atom. The van der Waals surface area contributed by atoms with Crippen molar-refractivity contribution in [3.63, 3.8) is 0 Å². The van der Waals surface area contributed by atoms with E-state index < -0.39 is 0 Å². The van der Waals surface area contributed by atoms with Crippen LogP contribution in [-0.2, 0) is 11.3 Å². The predicted octanol–water partition coefficient (Wildman–Crippen LogP) is 3.40. The Morgan fingerprint density at radius 1 is 1.42 bits per heavy atom. The van der Waals surface area contributed by atoms with Gasteiger partial charge in [0.25, 0.3) is 0 Å². The Morgan fingerprint density at radius 2 is 2.21 bits per heavy atom. The Balaban J connectivity index is 1.96. The van der Waals surface area contributed by atoms with Gasteiger partial charge in [0, 0.05) is 43.3 Å². The summed E-state index contributed by atoms with van der Waals surface area (Å²) < 4.78 is 11.0. The largest absolute Gasteiger partial charge is 0.490 e. The van der Waals surface area contributed by atoms with E-state index in [4.69, 9.17) is 21.1 Å². The minimum absolute atomic E-state index is 0.140. The number of hydrogen-bond donors (Lipinski definition) is 1. The van der Waals surface area contributed by atoms with E-state index in [1.165, 1.54) is 12.8 Å². The molecule has 0 aromatic heterocycles. The van der Waals surface area contributed by atoms with Crippen LogP contribution in [-0.4, -0.2) is 25.9 Å². The number of methoxy groups -OCH3 is 1. The van der Waals surface area contributed by atoms with Crippen molar-refractivity contribution < 1.29 is 9.47 Å². The second-order valence-electron chi connectivity index (χ2n) is 5.12. The van der Waals surface area contributed by atoms with Gasteiger partial charge in [0.05, 0.1) is 6.10 Å². The van der Waals surface area contributed by atoms with Crippen molar-refractivity contribution in [2.75, 3.05) is 13.7 Å².